The number of amides is 1. The molecule has 1 aromatic carbocycles. The number of hydrogen-bond donors (Lipinski definition) is 2. The number of halogens is 2. The first kappa shape index (κ1) is 16.2. The lowest BCUT2D eigenvalue weighted by atomic mass is 9.92. The van der Waals surface area contributed by atoms with E-state index < -0.39 is 17.9 Å². The SMILES string of the molecule is COc1ccc(OC(F)F)c(NC(=O)C(C)(C)CN)c1. The molecule has 5 nitrogen and oxygen atoms in total. The van der Waals surface area contributed by atoms with E-state index in [0.717, 1.165) is 0 Å². The highest BCUT2D eigenvalue weighted by atomic mass is 19.3. The van der Waals surface area contributed by atoms with E-state index in [-0.39, 0.29) is 18.0 Å². The van der Waals surface area contributed by atoms with Gasteiger partial charge in [0.2, 0.25) is 5.91 Å². The van der Waals surface area contributed by atoms with Crippen molar-refractivity contribution in [2.75, 3.05) is 19.0 Å². The van der Waals surface area contributed by atoms with Crippen molar-refractivity contribution in [2.24, 2.45) is 11.1 Å². The number of carbonyl (C=O) groups is 1. The monoisotopic (exact) mass is 288 g/mol. The first-order valence-electron chi connectivity index (χ1n) is 5.94. The maximum Gasteiger partial charge on any atom is 0.387 e. The molecule has 0 heterocycles. The molecule has 3 N–H and O–H groups in total. The zero-order valence-electron chi connectivity index (χ0n) is 11.6. The van der Waals surface area contributed by atoms with Crippen LogP contribution in [0.15, 0.2) is 18.2 Å². The normalized spacial score (nSPS) is 11.3. The minimum absolute atomic E-state index is 0.108. The summed E-state index contributed by atoms with van der Waals surface area (Å²) in [4.78, 5) is 12.0. The summed E-state index contributed by atoms with van der Waals surface area (Å²) >= 11 is 0. The molecule has 1 amide bonds. The van der Waals surface area contributed by atoms with Gasteiger partial charge in [-0.1, -0.05) is 0 Å². The molecule has 0 aliphatic rings. The second kappa shape index (κ2) is 6.51. The first-order chi connectivity index (χ1) is 9.30. The number of alkyl halides is 2. The molecule has 0 radical (unpaired) electrons. The third-order valence-corrected chi connectivity index (χ3v) is 2.78. The van der Waals surface area contributed by atoms with E-state index in [2.05, 4.69) is 10.1 Å². The van der Waals surface area contributed by atoms with Crippen molar-refractivity contribution in [3.05, 3.63) is 18.2 Å². The Kier molecular flexibility index (Phi) is 5.26. The largest absolute Gasteiger partial charge is 0.497 e. The van der Waals surface area contributed by atoms with Gasteiger partial charge in [-0.3, -0.25) is 4.79 Å². The van der Waals surface area contributed by atoms with Crippen LogP contribution in [0.4, 0.5) is 14.5 Å². The number of ether oxygens (including phenoxy) is 2. The molecule has 0 aliphatic heterocycles. The van der Waals surface area contributed by atoms with Gasteiger partial charge >= 0.3 is 6.61 Å². The lowest BCUT2D eigenvalue weighted by Gasteiger charge is -2.22. The number of rotatable bonds is 6. The van der Waals surface area contributed by atoms with Crippen LogP contribution in [0.2, 0.25) is 0 Å². The summed E-state index contributed by atoms with van der Waals surface area (Å²) in [6.45, 7) is 0.432. The van der Waals surface area contributed by atoms with E-state index in [4.69, 9.17) is 10.5 Å². The van der Waals surface area contributed by atoms with Gasteiger partial charge in [-0.25, -0.2) is 0 Å². The molecule has 1 rings (SSSR count). The van der Waals surface area contributed by atoms with Gasteiger partial charge in [0.1, 0.15) is 11.5 Å². The summed E-state index contributed by atoms with van der Waals surface area (Å²) in [5, 5.41) is 2.52. The number of benzene rings is 1. The number of carbonyl (C=O) groups excluding carboxylic acids is 1. The van der Waals surface area contributed by atoms with Crippen molar-refractivity contribution >= 4 is 11.6 Å². The van der Waals surface area contributed by atoms with Crippen molar-refractivity contribution in [2.45, 2.75) is 20.5 Å². The molecule has 0 unspecified atom stereocenters. The van der Waals surface area contributed by atoms with Crippen LogP contribution in [0, 0.1) is 5.41 Å². The summed E-state index contributed by atoms with van der Waals surface area (Å²) in [5.41, 5.74) is 4.78. The zero-order chi connectivity index (χ0) is 15.3. The van der Waals surface area contributed by atoms with Gasteiger partial charge in [0.15, 0.2) is 0 Å². The Morgan fingerprint density at radius 1 is 1.45 bits per heavy atom. The number of nitrogens with one attached hydrogen (secondary N) is 1. The standard InChI is InChI=1S/C13H18F2N2O3/c1-13(2,7-16)11(18)17-9-6-8(19-3)4-5-10(9)20-12(14)15/h4-6,12H,7,16H2,1-3H3,(H,17,18). The fraction of sp³-hybridized carbons (Fsp3) is 0.462. The summed E-state index contributed by atoms with van der Waals surface area (Å²) in [6, 6.07) is 4.17. The van der Waals surface area contributed by atoms with Crippen LogP contribution < -0.4 is 20.5 Å². The predicted octanol–water partition coefficient (Wildman–Crippen LogP) is 2.22. The van der Waals surface area contributed by atoms with Crippen molar-refractivity contribution in [3.8, 4) is 11.5 Å². The molecule has 0 aliphatic carbocycles. The first-order valence-corrected chi connectivity index (χ1v) is 5.94. The van der Waals surface area contributed by atoms with Crippen LogP contribution in [0.25, 0.3) is 0 Å². The van der Waals surface area contributed by atoms with E-state index >= 15 is 0 Å². The van der Waals surface area contributed by atoms with Crippen LogP contribution in [0.3, 0.4) is 0 Å². The van der Waals surface area contributed by atoms with E-state index in [1.807, 2.05) is 0 Å². The van der Waals surface area contributed by atoms with Crippen LogP contribution in [-0.2, 0) is 4.79 Å². The fourth-order valence-electron chi connectivity index (χ4n) is 1.32. The number of hydrogen-bond acceptors (Lipinski definition) is 4. The molecule has 20 heavy (non-hydrogen) atoms. The molecule has 1 aromatic rings. The average Bonchev–Trinajstić information content (AvgIpc) is 2.40. The van der Waals surface area contributed by atoms with Gasteiger partial charge in [0.05, 0.1) is 18.2 Å². The average molecular weight is 288 g/mol. The van der Waals surface area contributed by atoms with Crippen LogP contribution in [0.1, 0.15) is 13.8 Å². The minimum Gasteiger partial charge on any atom is -0.497 e. The van der Waals surface area contributed by atoms with Gasteiger partial charge in [-0.2, -0.15) is 8.78 Å². The fourth-order valence-corrected chi connectivity index (χ4v) is 1.32. The number of anilines is 1. The number of nitrogens with two attached hydrogens (primary N) is 1. The van der Waals surface area contributed by atoms with Crippen LogP contribution in [0.5, 0.6) is 11.5 Å². The molecule has 0 bridgehead atoms. The molecule has 0 fully saturated rings. The molecular weight excluding hydrogens is 270 g/mol. The van der Waals surface area contributed by atoms with Gasteiger partial charge in [-0.15, -0.1) is 0 Å². The molecule has 0 saturated heterocycles. The molecule has 7 heteroatoms. The van der Waals surface area contributed by atoms with E-state index in [0.29, 0.717) is 5.75 Å². The lowest BCUT2D eigenvalue weighted by molar-refractivity contribution is -0.123. The van der Waals surface area contributed by atoms with Crippen LogP contribution in [-0.4, -0.2) is 26.2 Å². The smallest absolute Gasteiger partial charge is 0.387 e. The third-order valence-electron chi connectivity index (χ3n) is 2.78. The van der Waals surface area contributed by atoms with Crippen molar-refractivity contribution < 1.29 is 23.0 Å². The summed E-state index contributed by atoms with van der Waals surface area (Å²) in [5.74, 6) is -0.123. The third kappa shape index (κ3) is 4.06. The van der Waals surface area contributed by atoms with E-state index in [9.17, 15) is 13.6 Å². The quantitative estimate of drug-likeness (QED) is 0.841. The molecule has 0 spiro atoms. The molecule has 0 aromatic heterocycles. The van der Waals surface area contributed by atoms with Crippen LogP contribution >= 0.6 is 0 Å². The topological polar surface area (TPSA) is 73.6 Å². The Morgan fingerprint density at radius 2 is 2.10 bits per heavy atom. The van der Waals surface area contributed by atoms with Crippen molar-refractivity contribution in [3.63, 3.8) is 0 Å². The Bertz CT molecular complexity index is 479. The Labute approximate surface area is 116 Å². The van der Waals surface area contributed by atoms with Gasteiger partial charge in [0.25, 0.3) is 0 Å². The maximum absolute atomic E-state index is 12.3. The second-order valence-corrected chi connectivity index (χ2v) is 4.78. The summed E-state index contributed by atoms with van der Waals surface area (Å²) < 4.78 is 34.0. The van der Waals surface area contributed by atoms with Gasteiger partial charge in [0, 0.05) is 12.6 Å². The molecular formula is C13H18F2N2O3. The summed E-state index contributed by atoms with van der Waals surface area (Å²) in [6.07, 6.45) is 0. The highest BCUT2D eigenvalue weighted by molar-refractivity contribution is 5.96. The lowest BCUT2D eigenvalue weighted by Crippen LogP contribution is -2.37. The second-order valence-electron chi connectivity index (χ2n) is 4.78. The maximum atomic E-state index is 12.3. The molecule has 0 saturated carbocycles. The van der Waals surface area contributed by atoms with Gasteiger partial charge < -0.3 is 20.5 Å². The Morgan fingerprint density at radius 3 is 2.60 bits per heavy atom. The van der Waals surface area contributed by atoms with E-state index in [1.54, 1.807) is 13.8 Å². The van der Waals surface area contributed by atoms with E-state index in [1.165, 1.54) is 25.3 Å². The minimum atomic E-state index is -2.98. The predicted molar refractivity (Wildman–Crippen MR) is 71.1 cm³/mol. The Hall–Kier alpha value is -1.89. The van der Waals surface area contributed by atoms with Gasteiger partial charge in [-0.05, 0) is 26.0 Å². The molecule has 112 valence electrons. The Balaban J connectivity index is 3.04. The number of methoxy groups -OCH3 is 1. The zero-order valence-corrected chi connectivity index (χ0v) is 11.6. The summed E-state index contributed by atoms with van der Waals surface area (Å²) in [7, 11) is 1.43. The highest BCUT2D eigenvalue weighted by Gasteiger charge is 2.27. The van der Waals surface area contributed by atoms with Crippen molar-refractivity contribution in [1.82, 2.24) is 0 Å². The highest BCUT2D eigenvalue weighted by Crippen LogP contribution is 2.31. The molecule has 0 atom stereocenters. The van der Waals surface area contributed by atoms with Crippen molar-refractivity contribution in [1.29, 1.82) is 0 Å².